The number of hydrogen-bond donors (Lipinski definition) is 1. The van der Waals surface area contributed by atoms with Gasteiger partial charge in [0.15, 0.2) is 0 Å². The molecule has 0 aliphatic carbocycles. The Bertz CT molecular complexity index is 339. The number of esters is 1. The lowest BCUT2D eigenvalue weighted by Gasteiger charge is -2.19. The van der Waals surface area contributed by atoms with Gasteiger partial charge in [-0.3, -0.25) is 4.79 Å². The average Bonchev–Trinajstić information content (AvgIpc) is 2.47. The molecule has 0 aromatic rings. The summed E-state index contributed by atoms with van der Waals surface area (Å²) in [6.07, 6.45) is 0.317. The van der Waals surface area contributed by atoms with Gasteiger partial charge in [-0.05, 0) is 6.92 Å². The Morgan fingerprint density at radius 3 is 2.67 bits per heavy atom. The van der Waals surface area contributed by atoms with Crippen molar-refractivity contribution in [1.29, 1.82) is 0 Å². The van der Waals surface area contributed by atoms with E-state index in [0.717, 1.165) is 10.6 Å². The summed E-state index contributed by atoms with van der Waals surface area (Å²) >= 11 is 0. The summed E-state index contributed by atoms with van der Waals surface area (Å²) in [5.41, 5.74) is 0. The fraction of sp³-hybridized carbons (Fsp3) is 0.875. The number of nitrogens with zero attached hydrogens (tertiary/aromatic N) is 1. The monoisotopic (exact) mass is 237 g/mol. The SMILES string of the molecule is CCOC(=O)[C@@H]1C[C@@H](O)CN1S(C)(=O)=O. The number of hydrogen-bond acceptors (Lipinski definition) is 5. The molecule has 2 atom stereocenters. The molecule has 0 aromatic carbocycles. The second kappa shape index (κ2) is 4.46. The van der Waals surface area contributed by atoms with Gasteiger partial charge in [0.25, 0.3) is 0 Å². The van der Waals surface area contributed by atoms with E-state index in [0.29, 0.717) is 0 Å². The van der Waals surface area contributed by atoms with Crippen LogP contribution in [0.2, 0.25) is 0 Å². The number of sulfonamides is 1. The summed E-state index contributed by atoms with van der Waals surface area (Å²) in [5.74, 6) is -0.598. The Hall–Kier alpha value is -0.660. The predicted molar refractivity (Wildman–Crippen MR) is 52.6 cm³/mol. The molecule has 0 spiro atoms. The summed E-state index contributed by atoms with van der Waals surface area (Å²) in [5, 5.41) is 9.34. The molecule has 0 radical (unpaired) electrons. The van der Waals surface area contributed by atoms with Crippen LogP contribution in [0.1, 0.15) is 13.3 Å². The van der Waals surface area contributed by atoms with Crippen LogP contribution in [-0.4, -0.2) is 55.4 Å². The van der Waals surface area contributed by atoms with Crippen molar-refractivity contribution >= 4 is 16.0 Å². The summed E-state index contributed by atoms with van der Waals surface area (Å²) < 4.78 is 28.3. The highest BCUT2D eigenvalue weighted by Crippen LogP contribution is 2.21. The zero-order valence-corrected chi connectivity index (χ0v) is 9.53. The number of β-amino-alcohol motifs (C(OH)–C–C–N with tert-alkyl or cyclic N) is 1. The van der Waals surface area contributed by atoms with E-state index < -0.39 is 28.1 Å². The van der Waals surface area contributed by atoms with E-state index in [1.165, 1.54) is 0 Å². The zero-order valence-electron chi connectivity index (χ0n) is 8.71. The molecule has 0 bridgehead atoms. The summed E-state index contributed by atoms with van der Waals surface area (Å²) in [6.45, 7) is 1.80. The Morgan fingerprint density at radius 2 is 2.20 bits per heavy atom. The van der Waals surface area contributed by atoms with Crippen LogP contribution >= 0.6 is 0 Å². The van der Waals surface area contributed by atoms with E-state index in [4.69, 9.17) is 4.74 Å². The second-order valence-corrected chi connectivity index (χ2v) is 5.43. The average molecular weight is 237 g/mol. The maximum absolute atomic E-state index is 11.4. The minimum Gasteiger partial charge on any atom is -0.465 e. The van der Waals surface area contributed by atoms with E-state index in [-0.39, 0.29) is 19.6 Å². The second-order valence-electron chi connectivity index (χ2n) is 3.49. The maximum Gasteiger partial charge on any atom is 0.324 e. The van der Waals surface area contributed by atoms with Gasteiger partial charge in [-0.2, -0.15) is 4.31 Å². The molecule has 1 fully saturated rings. The predicted octanol–water partition coefficient (Wildman–Crippen LogP) is -1.06. The number of aliphatic hydroxyl groups excluding tert-OH is 1. The highest BCUT2D eigenvalue weighted by atomic mass is 32.2. The molecule has 1 rings (SSSR count). The van der Waals surface area contributed by atoms with E-state index in [1.807, 2.05) is 0 Å². The first-order valence-corrected chi connectivity index (χ1v) is 6.52. The van der Waals surface area contributed by atoms with E-state index >= 15 is 0 Å². The molecular formula is C8H15NO5S. The lowest BCUT2D eigenvalue weighted by atomic mass is 10.2. The maximum atomic E-state index is 11.4. The van der Waals surface area contributed by atoms with Crippen molar-refractivity contribution in [1.82, 2.24) is 4.31 Å². The fourth-order valence-corrected chi connectivity index (χ4v) is 2.68. The molecule has 1 aliphatic heterocycles. The molecule has 0 saturated carbocycles. The molecule has 0 amide bonds. The number of carbonyl (C=O) groups is 1. The van der Waals surface area contributed by atoms with E-state index in [2.05, 4.69) is 0 Å². The highest BCUT2D eigenvalue weighted by molar-refractivity contribution is 7.88. The first-order valence-electron chi connectivity index (χ1n) is 4.67. The molecule has 0 aromatic heterocycles. The third-order valence-electron chi connectivity index (χ3n) is 2.22. The van der Waals surface area contributed by atoms with Gasteiger partial charge in [0.05, 0.1) is 19.0 Å². The summed E-state index contributed by atoms with van der Waals surface area (Å²) in [6, 6.07) is -0.880. The van der Waals surface area contributed by atoms with Gasteiger partial charge in [0.2, 0.25) is 10.0 Å². The molecule has 1 heterocycles. The van der Waals surface area contributed by atoms with Crippen molar-refractivity contribution in [3.63, 3.8) is 0 Å². The molecule has 15 heavy (non-hydrogen) atoms. The first kappa shape index (κ1) is 12.4. The van der Waals surface area contributed by atoms with Crippen molar-refractivity contribution in [3.8, 4) is 0 Å². The fourth-order valence-electron chi connectivity index (χ4n) is 1.60. The summed E-state index contributed by atoms with van der Waals surface area (Å²) in [4.78, 5) is 11.4. The Kier molecular flexibility index (Phi) is 3.69. The third kappa shape index (κ3) is 2.90. The number of carbonyl (C=O) groups excluding carboxylic acids is 1. The van der Waals surface area contributed by atoms with Gasteiger partial charge in [-0.15, -0.1) is 0 Å². The molecule has 6 nitrogen and oxygen atoms in total. The number of aliphatic hydroxyl groups is 1. The quantitative estimate of drug-likeness (QED) is 0.633. The molecular weight excluding hydrogens is 222 g/mol. The number of rotatable bonds is 3. The van der Waals surface area contributed by atoms with Gasteiger partial charge in [-0.1, -0.05) is 0 Å². The van der Waals surface area contributed by atoms with Gasteiger partial charge < -0.3 is 9.84 Å². The Labute approximate surface area is 88.9 Å². The molecule has 7 heteroatoms. The molecule has 1 aliphatic rings. The van der Waals surface area contributed by atoms with Crippen LogP contribution in [0.15, 0.2) is 0 Å². The standard InChI is InChI=1S/C8H15NO5S/c1-3-14-8(11)7-4-6(10)5-9(7)15(2,12)13/h6-7,10H,3-5H2,1-2H3/t6-,7+/m1/s1. The van der Waals surface area contributed by atoms with Crippen LogP contribution in [0.3, 0.4) is 0 Å². The van der Waals surface area contributed by atoms with E-state index in [1.54, 1.807) is 6.92 Å². The van der Waals surface area contributed by atoms with Crippen LogP contribution in [-0.2, 0) is 19.6 Å². The topological polar surface area (TPSA) is 83.9 Å². The van der Waals surface area contributed by atoms with Crippen molar-refractivity contribution in [2.75, 3.05) is 19.4 Å². The normalized spacial score (nSPS) is 27.9. The van der Waals surface area contributed by atoms with Crippen LogP contribution in [0.25, 0.3) is 0 Å². The van der Waals surface area contributed by atoms with Gasteiger partial charge >= 0.3 is 5.97 Å². The first-order chi connectivity index (χ1) is 6.86. The van der Waals surface area contributed by atoms with Gasteiger partial charge in [-0.25, -0.2) is 8.42 Å². The minimum atomic E-state index is -3.48. The van der Waals surface area contributed by atoms with Crippen molar-refractivity contribution in [2.45, 2.75) is 25.5 Å². The van der Waals surface area contributed by atoms with Crippen molar-refractivity contribution < 1.29 is 23.1 Å². The van der Waals surface area contributed by atoms with Crippen LogP contribution in [0.5, 0.6) is 0 Å². The van der Waals surface area contributed by atoms with Crippen LogP contribution in [0, 0.1) is 0 Å². The van der Waals surface area contributed by atoms with Gasteiger partial charge in [0, 0.05) is 13.0 Å². The minimum absolute atomic E-state index is 0.0394. The molecule has 88 valence electrons. The lowest BCUT2D eigenvalue weighted by molar-refractivity contribution is -0.147. The zero-order chi connectivity index (χ0) is 11.6. The van der Waals surface area contributed by atoms with Crippen LogP contribution in [0.4, 0.5) is 0 Å². The summed E-state index contributed by atoms with van der Waals surface area (Å²) in [7, 11) is -3.48. The molecule has 0 unspecified atom stereocenters. The molecule has 1 saturated heterocycles. The highest BCUT2D eigenvalue weighted by Gasteiger charge is 2.41. The third-order valence-corrected chi connectivity index (χ3v) is 3.47. The van der Waals surface area contributed by atoms with E-state index in [9.17, 15) is 18.3 Å². The van der Waals surface area contributed by atoms with Crippen LogP contribution < -0.4 is 0 Å². The van der Waals surface area contributed by atoms with Gasteiger partial charge in [0.1, 0.15) is 6.04 Å². The van der Waals surface area contributed by atoms with Crippen molar-refractivity contribution in [3.05, 3.63) is 0 Å². The Balaban J connectivity index is 2.82. The smallest absolute Gasteiger partial charge is 0.324 e. The number of ether oxygens (including phenoxy) is 1. The Morgan fingerprint density at radius 1 is 1.60 bits per heavy atom. The lowest BCUT2D eigenvalue weighted by Crippen LogP contribution is -2.40. The largest absolute Gasteiger partial charge is 0.465 e. The van der Waals surface area contributed by atoms with Crippen molar-refractivity contribution in [2.24, 2.45) is 0 Å². The molecule has 1 N–H and O–H groups in total.